The van der Waals surface area contributed by atoms with Gasteiger partial charge in [0.15, 0.2) is 16.7 Å². The minimum absolute atomic E-state index is 0.0155. The second-order valence-electron chi connectivity index (χ2n) is 8.57. The standard InChI is InChI=1S/C23H27N5O5S/c1-2-27-16(15-6-7-17-18(12-15)33-11-10-32-17)13-24-22(27)34-14-19(29)26-28-20(30)23(25-21(28)31)8-4-3-5-9-23/h6-7,12-13H,2-5,8-11,14H2,1H3,(H,25,31)(H,26,29). The lowest BCUT2D eigenvalue weighted by Gasteiger charge is -2.30. The van der Waals surface area contributed by atoms with Crippen LogP contribution in [0.2, 0.25) is 0 Å². The number of nitrogens with one attached hydrogen (secondary N) is 2. The summed E-state index contributed by atoms with van der Waals surface area (Å²) in [7, 11) is 0. The number of hydrogen-bond donors (Lipinski definition) is 2. The van der Waals surface area contributed by atoms with Crippen molar-refractivity contribution < 1.29 is 23.9 Å². The van der Waals surface area contributed by atoms with Crippen LogP contribution in [0, 0.1) is 0 Å². The second kappa shape index (κ2) is 9.21. The largest absolute Gasteiger partial charge is 0.486 e. The molecule has 2 N–H and O–H groups in total. The number of thioether (sulfide) groups is 1. The van der Waals surface area contributed by atoms with Gasteiger partial charge < -0.3 is 19.4 Å². The van der Waals surface area contributed by atoms with Crippen molar-refractivity contribution in [2.45, 2.75) is 56.3 Å². The van der Waals surface area contributed by atoms with Gasteiger partial charge in [-0.15, -0.1) is 0 Å². The van der Waals surface area contributed by atoms with Crippen molar-refractivity contribution in [2.24, 2.45) is 0 Å². The molecule has 34 heavy (non-hydrogen) atoms. The van der Waals surface area contributed by atoms with Crippen LogP contribution in [0.1, 0.15) is 39.0 Å². The van der Waals surface area contributed by atoms with Gasteiger partial charge >= 0.3 is 6.03 Å². The monoisotopic (exact) mass is 485 g/mol. The molecular weight excluding hydrogens is 458 g/mol. The van der Waals surface area contributed by atoms with Gasteiger partial charge in [0.05, 0.1) is 17.6 Å². The molecule has 0 unspecified atom stereocenters. The number of urea groups is 1. The number of nitrogens with zero attached hydrogens (tertiary/aromatic N) is 3. The number of benzene rings is 1. The lowest BCUT2D eigenvalue weighted by atomic mass is 9.82. The lowest BCUT2D eigenvalue weighted by Crippen LogP contribution is -2.51. The van der Waals surface area contributed by atoms with E-state index in [4.69, 9.17) is 9.47 Å². The first-order valence-electron chi connectivity index (χ1n) is 11.6. The van der Waals surface area contributed by atoms with Crippen LogP contribution in [-0.4, -0.2) is 56.9 Å². The van der Waals surface area contributed by atoms with Gasteiger partial charge in [0.2, 0.25) is 5.91 Å². The molecule has 1 aromatic heterocycles. The predicted molar refractivity (Wildman–Crippen MR) is 124 cm³/mol. The maximum absolute atomic E-state index is 12.9. The fourth-order valence-corrected chi connectivity index (χ4v) is 5.55. The first kappa shape index (κ1) is 22.6. The van der Waals surface area contributed by atoms with E-state index in [0.29, 0.717) is 43.5 Å². The molecule has 2 aromatic rings. The Balaban J connectivity index is 1.24. The first-order chi connectivity index (χ1) is 16.5. The summed E-state index contributed by atoms with van der Waals surface area (Å²) in [5.74, 6) is 0.631. The molecule has 1 saturated heterocycles. The molecular formula is C23H27N5O5S. The minimum Gasteiger partial charge on any atom is -0.486 e. The van der Waals surface area contributed by atoms with E-state index < -0.39 is 17.5 Å². The Hall–Kier alpha value is -3.21. The Kier molecular flexibility index (Phi) is 6.11. The molecule has 0 bridgehead atoms. The zero-order chi connectivity index (χ0) is 23.7. The van der Waals surface area contributed by atoms with Crippen LogP contribution in [0.15, 0.2) is 29.6 Å². The molecule has 2 fully saturated rings. The lowest BCUT2D eigenvalue weighted by molar-refractivity contribution is -0.139. The maximum atomic E-state index is 12.9. The summed E-state index contributed by atoms with van der Waals surface area (Å²) in [6.07, 6.45) is 5.79. The quantitative estimate of drug-likeness (QED) is 0.478. The van der Waals surface area contributed by atoms with Gasteiger partial charge in [0.1, 0.15) is 18.8 Å². The fourth-order valence-electron chi connectivity index (χ4n) is 4.72. The topological polar surface area (TPSA) is 115 Å². The van der Waals surface area contributed by atoms with Crippen molar-refractivity contribution in [2.75, 3.05) is 19.0 Å². The zero-order valence-corrected chi connectivity index (χ0v) is 19.8. The molecule has 5 rings (SSSR count). The molecule has 0 radical (unpaired) electrons. The highest BCUT2D eigenvalue weighted by Gasteiger charge is 2.52. The Morgan fingerprint density at radius 1 is 1.18 bits per heavy atom. The van der Waals surface area contributed by atoms with E-state index in [2.05, 4.69) is 15.7 Å². The molecule has 180 valence electrons. The summed E-state index contributed by atoms with van der Waals surface area (Å²) in [6.45, 7) is 3.71. The van der Waals surface area contributed by atoms with Crippen molar-refractivity contribution in [1.29, 1.82) is 0 Å². The zero-order valence-electron chi connectivity index (χ0n) is 19.0. The molecule has 3 heterocycles. The fraction of sp³-hybridized carbons (Fsp3) is 0.478. The number of hydrogen-bond acceptors (Lipinski definition) is 7. The number of imidazole rings is 1. The number of rotatable bonds is 6. The number of hydrazine groups is 1. The van der Waals surface area contributed by atoms with Gasteiger partial charge in [-0.3, -0.25) is 15.0 Å². The molecule has 2 aliphatic heterocycles. The van der Waals surface area contributed by atoms with E-state index in [0.717, 1.165) is 41.3 Å². The molecule has 1 saturated carbocycles. The third-order valence-electron chi connectivity index (χ3n) is 6.41. The molecule has 0 atom stereocenters. The number of amides is 4. The number of carbonyl (C=O) groups excluding carboxylic acids is 3. The summed E-state index contributed by atoms with van der Waals surface area (Å²) < 4.78 is 13.3. The van der Waals surface area contributed by atoms with Crippen LogP contribution in [0.3, 0.4) is 0 Å². The van der Waals surface area contributed by atoms with Gasteiger partial charge in [-0.25, -0.2) is 9.78 Å². The highest BCUT2D eigenvalue weighted by atomic mass is 32.2. The molecule has 11 heteroatoms. The SMILES string of the molecule is CCn1c(-c2ccc3c(c2)OCCO3)cnc1SCC(=O)NN1C(=O)NC2(CCCCC2)C1=O. The molecule has 1 spiro atoms. The van der Waals surface area contributed by atoms with E-state index in [1.54, 1.807) is 6.20 Å². The Labute approximate surface area is 201 Å². The van der Waals surface area contributed by atoms with Crippen LogP contribution in [0.4, 0.5) is 4.79 Å². The van der Waals surface area contributed by atoms with Crippen LogP contribution < -0.4 is 20.2 Å². The van der Waals surface area contributed by atoms with Crippen LogP contribution in [0.25, 0.3) is 11.3 Å². The molecule has 1 aliphatic carbocycles. The van der Waals surface area contributed by atoms with Crippen molar-refractivity contribution >= 4 is 29.6 Å². The molecule has 1 aromatic carbocycles. The van der Waals surface area contributed by atoms with Crippen molar-refractivity contribution in [3.05, 3.63) is 24.4 Å². The predicted octanol–water partition coefficient (Wildman–Crippen LogP) is 2.72. The number of carbonyl (C=O) groups is 3. The molecule has 10 nitrogen and oxygen atoms in total. The molecule has 4 amide bonds. The van der Waals surface area contributed by atoms with Crippen molar-refractivity contribution in [1.82, 2.24) is 25.3 Å². The highest BCUT2D eigenvalue weighted by molar-refractivity contribution is 7.99. The number of fused-ring (bicyclic) bond motifs is 1. The van der Waals surface area contributed by atoms with Crippen molar-refractivity contribution in [3.8, 4) is 22.8 Å². The van der Waals surface area contributed by atoms with E-state index in [9.17, 15) is 14.4 Å². The summed E-state index contributed by atoms with van der Waals surface area (Å²) in [5, 5.41) is 4.29. The Morgan fingerprint density at radius 3 is 2.71 bits per heavy atom. The third kappa shape index (κ3) is 4.08. The van der Waals surface area contributed by atoms with Gasteiger partial charge in [0.25, 0.3) is 5.91 Å². The van der Waals surface area contributed by atoms with E-state index >= 15 is 0 Å². The number of ether oxygens (including phenoxy) is 2. The summed E-state index contributed by atoms with van der Waals surface area (Å²) >= 11 is 1.25. The maximum Gasteiger partial charge on any atom is 0.344 e. The van der Waals surface area contributed by atoms with E-state index in [-0.39, 0.29) is 11.7 Å². The summed E-state index contributed by atoms with van der Waals surface area (Å²) in [6, 6.07) is 5.20. The Morgan fingerprint density at radius 2 is 1.94 bits per heavy atom. The first-order valence-corrected chi connectivity index (χ1v) is 12.5. The number of imide groups is 1. The third-order valence-corrected chi connectivity index (χ3v) is 7.40. The van der Waals surface area contributed by atoms with Crippen LogP contribution >= 0.6 is 11.8 Å². The molecule has 3 aliphatic rings. The van der Waals surface area contributed by atoms with Gasteiger partial charge in [0, 0.05) is 12.1 Å². The van der Waals surface area contributed by atoms with Gasteiger partial charge in [-0.2, -0.15) is 5.01 Å². The normalized spacial score (nSPS) is 18.8. The van der Waals surface area contributed by atoms with Gasteiger partial charge in [-0.05, 0) is 38.0 Å². The minimum atomic E-state index is -0.868. The summed E-state index contributed by atoms with van der Waals surface area (Å²) in [5.41, 5.74) is 3.44. The smallest absolute Gasteiger partial charge is 0.344 e. The van der Waals surface area contributed by atoms with Crippen LogP contribution in [-0.2, 0) is 16.1 Å². The van der Waals surface area contributed by atoms with E-state index in [1.165, 1.54) is 11.8 Å². The van der Waals surface area contributed by atoms with Gasteiger partial charge in [-0.1, -0.05) is 31.0 Å². The second-order valence-corrected chi connectivity index (χ2v) is 9.51. The average Bonchev–Trinajstić information content (AvgIpc) is 3.37. The highest BCUT2D eigenvalue weighted by Crippen LogP contribution is 2.36. The number of aromatic nitrogens is 2. The summed E-state index contributed by atoms with van der Waals surface area (Å²) in [4.78, 5) is 42.3. The van der Waals surface area contributed by atoms with Crippen molar-refractivity contribution in [3.63, 3.8) is 0 Å². The average molecular weight is 486 g/mol. The Bertz CT molecular complexity index is 1130. The van der Waals surface area contributed by atoms with E-state index in [1.807, 2.05) is 29.7 Å². The van der Waals surface area contributed by atoms with Crippen LogP contribution in [0.5, 0.6) is 11.5 Å².